The molecule has 2 heterocycles. The number of carbonyl (C=O) groups excluding carboxylic acids is 1. The van der Waals surface area contributed by atoms with Gasteiger partial charge in [0.1, 0.15) is 12.4 Å². The van der Waals surface area contributed by atoms with E-state index >= 15 is 0 Å². The summed E-state index contributed by atoms with van der Waals surface area (Å²) < 4.78 is 5.14. The van der Waals surface area contributed by atoms with Crippen LogP contribution < -0.4 is 15.8 Å². The fraction of sp³-hybridized carbons (Fsp3) is 0.583. The first kappa shape index (κ1) is 13.4. The maximum absolute atomic E-state index is 12.2. The first-order valence-electron chi connectivity index (χ1n) is 6.33. The molecule has 19 heavy (non-hydrogen) atoms. The van der Waals surface area contributed by atoms with Crippen LogP contribution in [0.2, 0.25) is 0 Å². The van der Waals surface area contributed by atoms with Gasteiger partial charge in [-0.1, -0.05) is 0 Å². The van der Waals surface area contributed by atoms with E-state index in [0.717, 1.165) is 25.9 Å². The van der Waals surface area contributed by atoms with E-state index in [1.807, 2.05) is 4.90 Å². The fourth-order valence-electron chi connectivity index (χ4n) is 2.17. The molecule has 1 unspecified atom stereocenters. The maximum atomic E-state index is 12.2. The topological polar surface area (TPSA) is 93.4 Å². The highest BCUT2D eigenvalue weighted by atomic mass is 16.5. The zero-order valence-electron chi connectivity index (χ0n) is 11.2. The van der Waals surface area contributed by atoms with E-state index < -0.39 is 0 Å². The van der Waals surface area contributed by atoms with E-state index in [4.69, 9.17) is 10.5 Å². The molecule has 0 saturated carbocycles. The smallest absolute Gasteiger partial charge is 0.244 e. The third-order valence-corrected chi connectivity index (χ3v) is 3.18. The molecule has 1 fully saturated rings. The first-order chi connectivity index (χ1) is 9.13. The van der Waals surface area contributed by atoms with Gasteiger partial charge in [0.2, 0.25) is 11.7 Å². The number of nitrogens with zero attached hydrogens (tertiary/aromatic N) is 3. The van der Waals surface area contributed by atoms with E-state index in [1.54, 1.807) is 6.92 Å². The molecule has 104 valence electrons. The van der Waals surface area contributed by atoms with E-state index in [-0.39, 0.29) is 17.8 Å². The first-order valence-corrected chi connectivity index (χ1v) is 6.33. The van der Waals surface area contributed by atoms with Crippen molar-refractivity contribution in [2.24, 2.45) is 0 Å². The number of hydrogen-bond donors (Lipinski definition) is 2. The van der Waals surface area contributed by atoms with Crippen molar-refractivity contribution in [1.29, 1.82) is 0 Å². The minimum Gasteiger partial charge on any atom is -0.490 e. The maximum Gasteiger partial charge on any atom is 0.244 e. The van der Waals surface area contributed by atoms with Gasteiger partial charge >= 0.3 is 0 Å². The molecule has 2 rings (SSSR count). The highest BCUT2D eigenvalue weighted by molar-refractivity contribution is 5.85. The molecule has 0 bridgehead atoms. The number of rotatable bonds is 4. The predicted molar refractivity (Wildman–Crippen MR) is 71.9 cm³/mol. The SMILES string of the molecule is COc1c(N)ncnc1NC(C)C(=O)N1CCCC1. The molecular formula is C12H19N5O2. The largest absolute Gasteiger partial charge is 0.490 e. The number of anilines is 2. The zero-order valence-corrected chi connectivity index (χ0v) is 11.2. The molecule has 3 N–H and O–H groups in total. The van der Waals surface area contributed by atoms with Gasteiger partial charge in [-0.3, -0.25) is 4.79 Å². The van der Waals surface area contributed by atoms with Crippen molar-refractivity contribution in [2.45, 2.75) is 25.8 Å². The van der Waals surface area contributed by atoms with Crippen LogP contribution in [0.4, 0.5) is 11.6 Å². The third-order valence-electron chi connectivity index (χ3n) is 3.18. The predicted octanol–water partition coefficient (Wildman–Crippen LogP) is 0.490. The van der Waals surface area contributed by atoms with E-state index in [1.165, 1.54) is 13.4 Å². The lowest BCUT2D eigenvalue weighted by Crippen LogP contribution is -2.39. The highest BCUT2D eigenvalue weighted by Gasteiger charge is 2.24. The van der Waals surface area contributed by atoms with Gasteiger partial charge in [-0.25, -0.2) is 9.97 Å². The molecule has 7 nitrogen and oxygen atoms in total. The summed E-state index contributed by atoms with van der Waals surface area (Å²) in [7, 11) is 1.49. The third kappa shape index (κ3) is 2.86. The number of likely N-dealkylation sites (tertiary alicyclic amines) is 1. The van der Waals surface area contributed by atoms with Gasteiger partial charge in [-0.15, -0.1) is 0 Å². The summed E-state index contributed by atoms with van der Waals surface area (Å²) in [6, 6.07) is -0.374. The van der Waals surface area contributed by atoms with Crippen LogP contribution in [-0.2, 0) is 4.79 Å². The quantitative estimate of drug-likeness (QED) is 0.823. The van der Waals surface area contributed by atoms with Crippen LogP contribution in [0.5, 0.6) is 5.75 Å². The Hall–Kier alpha value is -2.05. The summed E-state index contributed by atoms with van der Waals surface area (Å²) >= 11 is 0. The molecule has 0 spiro atoms. The van der Waals surface area contributed by atoms with Gasteiger partial charge < -0.3 is 20.7 Å². The van der Waals surface area contributed by atoms with E-state index in [2.05, 4.69) is 15.3 Å². The number of methoxy groups -OCH3 is 1. The van der Waals surface area contributed by atoms with Crippen LogP contribution in [-0.4, -0.2) is 47.0 Å². The fourth-order valence-corrected chi connectivity index (χ4v) is 2.17. The second kappa shape index (κ2) is 5.73. The monoisotopic (exact) mass is 265 g/mol. The summed E-state index contributed by atoms with van der Waals surface area (Å²) in [5.74, 6) is 1.12. The Balaban J connectivity index is 2.08. The Labute approximate surface area is 112 Å². The van der Waals surface area contributed by atoms with Crippen LogP contribution in [0, 0.1) is 0 Å². The van der Waals surface area contributed by atoms with Gasteiger partial charge in [0.15, 0.2) is 11.6 Å². The zero-order chi connectivity index (χ0) is 13.8. The molecule has 1 atom stereocenters. The van der Waals surface area contributed by atoms with Crippen LogP contribution in [0.25, 0.3) is 0 Å². The summed E-state index contributed by atoms with van der Waals surface area (Å²) in [6.45, 7) is 3.46. The van der Waals surface area contributed by atoms with Gasteiger partial charge in [0.05, 0.1) is 7.11 Å². The highest BCUT2D eigenvalue weighted by Crippen LogP contribution is 2.27. The Morgan fingerprint density at radius 2 is 2.16 bits per heavy atom. The summed E-state index contributed by atoms with van der Waals surface area (Å²) in [5, 5.41) is 3.03. The lowest BCUT2D eigenvalue weighted by atomic mass is 10.3. The van der Waals surface area contributed by atoms with Gasteiger partial charge in [0.25, 0.3) is 0 Å². The minimum atomic E-state index is -0.374. The summed E-state index contributed by atoms with van der Waals surface area (Å²) in [6.07, 6.45) is 3.48. The van der Waals surface area contributed by atoms with E-state index in [0.29, 0.717) is 11.6 Å². The van der Waals surface area contributed by atoms with Crippen molar-refractivity contribution < 1.29 is 9.53 Å². The average Bonchev–Trinajstić information content (AvgIpc) is 2.92. The van der Waals surface area contributed by atoms with Crippen LogP contribution >= 0.6 is 0 Å². The number of amides is 1. The molecule has 1 aromatic heterocycles. The second-order valence-electron chi connectivity index (χ2n) is 4.54. The number of carbonyl (C=O) groups is 1. The lowest BCUT2D eigenvalue weighted by Gasteiger charge is -2.22. The summed E-state index contributed by atoms with van der Waals surface area (Å²) in [4.78, 5) is 21.9. The normalized spacial score (nSPS) is 16.2. The van der Waals surface area contributed by atoms with Crippen molar-refractivity contribution in [1.82, 2.24) is 14.9 Å². The number of nitrogens with two attached hydrogens (primary N) is 1. The number of nitrogen functional groups attached to an aromatic ring is 1. The molecule has 1 aromatic rings. The minimum absolute atomic E-state index is 0.0664. The van der Waals surface area contributed by atoms with Crippen LogP contribution in [0.1, 0.15) is 19.8 Å². The molecule has 0 aromatic carbocycles. The molecule has 1 aliphatic heterocycles. The van der Waals surface area contributed by atoms with Crippen molar-refractivity contribution in [3.63, 3.8) is 0 Å². The van der Waals surface area contributed by atoms with Crippen molar-refractivity contribution >= 4 is 17.5 Å². The molecule has 1 aliphatic rings. The van der Waals surface area contributed by atoms with Crippen molar-refractivity contribution in [2.75, 3.05) is 31.2 Å². The van der Waals surface area contributed by atoms with Gasteiger partial charge in [-0.05, 0) is 19.8 Å². The summed E-state index contributed by atoms with van der Waals surface area (Å²) in [5.41, 5.74) is 5.69. The Bertz CT molecular complexity index is 459. The van der Waals surface area contributed by atoms with Gasteiger partial charge in [-0.2, -0.15) is 0 Å². The standard InChI is InChI=1S/C12H19N5O2/c1-8(12(18)17-5-3-4-6-17)16-11-9(19-2)10(13)14-7-15-11/h7-8H,3-6H2,1-2H3,(H3,13,14,15,16). The van der Waals surface area contributed by atoms with E-state index in [9.17, 15) is 4.79 Å². The number of ether oxygens (including phenoxy) is 1. The molecule has 1 saturated heterocycles. The Kier molecular flexibility index (Phi) is 4.03. The van der Waals surface area contributed by atoms with Gasteiger partial charge in [0, 0.05) is 13.1 Å². The molecule has 1 amide bonds. The lowest BCUT2D eigenvalue weighted by molar-refractivity contribution is -0.130. The number of hydrogen-bond acceptors (Lipinski definition) is 6. The molecule has 0 radical (unpaired) electrons. The number of nitrogens with one attached hydrogen (secondary N) is 1. The molecule has 7 heteroatoms. The number of aromatic nitrogens is 2. The van der Waals surface area contributed by atoms with Crippen LogP contribution in [0.15, 0.2) is 6.33 Å². The molecular weight excluding hydrogens is 246 g/mol. The van der Waals surface area contributed by atoms with Crippen molar-refractivity contribution in [3.8, 4) is 5.75 Å². The van der Waals surface area contributed by atoms with Crippen LogP contribution in [0.3, 0.4) is 0 Å². The second-order valence-corrected chi connectivity index (χ2v) is 4.54. The average molecular weight is 265 g/mol. The van der Waals surface area contributed by atoms with Crippen molar-refractivity contribution in [3.05, 3.63) is 6.33 Å². The Morgan fingerprint density at radius 3 is 2.79 bits per heavy atom. The Morgan fingerprint density at radius 1 is 1.47 bits per heavy atom. The molecule has 0 aliphatic carbocycles.